The fourth-order valence-electron chi connectivity index (χ4n) is 2.52. The molecule has 3 aromatic rings. The molecule has 0 aliphatic heterocycles. The summed E-state index contributed by atoms with van der Waals surface area (Å²) in [5.74, 6) is 0. The Balaban J connectivity index is 1.75. The van der Waals surface area contributed by atoms with Crippen LogP contribution in [0.1, 0.15) is 36.4 Å². The average Bonchev–Trinajstić information content (AvgIpc) is 2.92. The molecule has 0 amide bonds. The molecule has 1 aromatic heterocycles. The van der Waals surface area contributed by atoms with Crippen LogP contribution in [0.2, 0.25) is 5.02 Å². The van der Waals surface area contributed by atoms with Crippen LogP contribution in [0.15, 0.2) is 54.6 Å². The number of fused-ring (bicyclic) bond motifs is 1. The van der Waals surface area contributed by atoms with E-state index in [9.17, 15) is 0 Å². The first-order valence-electron chi connectivity index (χ1n) is 7.13. The summed E-state index contributed by atoms with van der Waals surface area (Å²) in [5.41, 5.74) is 1.26. The lowest BCUT2D eigenvalue weighted by Gasteiger charge is -2.19. The van der Waals surface area contributed by atoms with Crippen molar-refractivity contribution >= 4 is 33.0 Å². The lowest BCUT2D eigenvalue weighted by Crippen LogP contribution is -2.21. The van der Waals surface area contributed by atoms with E-state index in [0.717, 1.165) is 5.02 Å². The van der Waals surface area contributed by atoms with Gasteiger partial charge in [-0.3, -0.25) is 0 Å². The van der Waals surface area contributed by atoms with E-state index in [0.29, 0.717) is 12.1 Å². The van der Waals surface area contributed by atoms with Gasteiger partial charge in [0, 0.05) is 26.7 Å². The zero-order valence-corrected chi connectivity index (χ0v) is 13.7. The van der Waals surface area contributed by atoms with E-state index in [1.54, 1.807) is 0 Å². The third-order valence-corrected chi connectivity index (χ3v) is 5.29. The van der Waals surface area contributed by atoms with Crippen molar-refractivity contribution < 1.29 is 0 Å². The largest absolute Gasteiger partial charge is 0.303 e. The van der Waals surface area contributed by atoms with Crippen molar-refractivity contribution in [2.45, 2.75) is 25.9 Å². The zero-order chi connectivity index (χ0) is 14.8. The minimum Gasteiger partial charge on any atom is -0.303 e. The van der Waals surface area contributed by atoms with Gasteiger partial charge in [0.2, 0.25) is 0 Å². The number of thiophene rings is 1. The summed E-state index contributed by atoms with van der Waals surface area (Å²) in [6, 6.07) is 19.5. The van der Waals surface area contributed by atoms with Crippen molar-refractivity contribution in [3.05, 3.63) is 70.1 Å². The van der Waals surface area contributed by atoms with E-state index in [-0.39, 0.29) is 0 Å². The quantitative estimate of drug-likeness (QED) is 0.625. The van der Waals surface area contributed by atoms with Gasteiger partial charge in [0.05, 0.1) is 0 Å². The molecule has 0 saturated carbocycles. The molecule has 2 unspecified atom stereocenters. The molecule has 1 N–H and O–H groups in total. The van der Waals surface area contributed by atoms with E-state index >= 15 is 0 Å². The summed E-state index contributed by atoms with van der Waals surface area (Å²) in [7, 11) is 0. The number of benzene rings is 2. The van der Waals surface area contributed by atoms with Gasteiger partial charge in [-0.05, 0) is 49.1 Å². The normalized spacial score (nSPS) is 14.2. The molecule has 2 atom stereocenters. The summed E-state index contributed by atoms with van der Waals surface area (Å²) < 4.78 is 1.35. The predicted molar refractivity (Wildman–Crippen MR) is 93.2 cm³/mol. The second-order valence-corrected chi connectivity index (χ2v) is 6.90. The lowest BCUT2D eigenvalue weighted by atomic mass is 10.1. The summed E-state index contributed by atoms with van der Waals surface area (Å²) in [6.07, 6.45) is 0. The van der Waals surface area contributed by atoms with E-state index in [4.69, 9.17) is 11.6 Å². The van der Waals surface area contributed by atoms with Gasteiger partial charge < -0.3 is 5.32 Å². The SMILES string of the molecule is CC(NC(C)c1cc2ccccc2s1)c1ccc(Cl)cc1. The van der Waals surface area contributed by atoms with E-state index < -0.39 is 0 Å². The highest BCUT2D eigenvalue weighted by molar-refractivity contribution is 7.19. The molecule has 0 fully saturated rings. The lowest BCUT2D eigenvalue weighted by molar-refractivity contribution is 0.500. The molecule has 0 radical (unpaired) electrons. The van der Waals surface area contributed by atoms with Gasteiger partial charge in [-0.2, -0.15) is 0 Å². The third-order valence-electron chi connectivity index (χ3n) is 3.74. The van der Waals surface area contributed by atoms with Gasteiger partial charge in [-0.1, -0.05) is 41.9 Å². The van der Waals surface area contributed by atoms with Crippen LogP contribution >= 0.6 is 22.9 Å². The molecular weight excluding hydrogens is 298 g/mol. The van der Waals surface area contributed by atoms with Gasteiger partial charge in [0.25, 0.3) is 0 Å². The van der Waals surface area contributed by atoms with Crippen molar-refractivity contribution in [1.82, 2.24) is 5.32 Å². The molecule has 3 rings (SSSR count). The standard InChI is InChI=1S/C18H18ClNS/c1-12(14-7-9-16(19)10-8-14)20-13(2)18-11-15-5-3-4-6-17(15)21-18/h3-13,20H,1-2H3. The number of nitrogens with one attached hydrogen (secondary N) is 1. The van der Waals surface area contributed by atoms with Crippen LogP contribution in [0.3, 0.4) is 0 Å². The third kappa shape index (κ3) is 3.29. The summed E-state index contributed by atoms with van der Waals surface area (Å²) in [4.78, 5) is 1.37. The first-order valence-corrected chi connectivity index (χ1v) is 8.33. The maximum Gasteiger partial charge on any atom is 0.0406 e. The minimum atomic E-state index is 0.294. The molecule has 108 valence electrons. The summed E-state index contributed by atoms with van der Waals surface area (Å²) in [6.45, 7) is 4.41. The average molecular weight is 316 g/mol. The van der Waals surface area contributed by atoms with E-state index in [2.05, 4.69) is 61.6 Å². The molecule has 0 spiro atoms. The molecule has 3 heteroatoms. The van der Waals surface area contributed by atoms with Crippen molar-refractivity contribution in [3.8, 4) is 0 Å². The van der Waals surface area contributed by atoms with Crippen LogP contribution in [0.5, 0.6) is 0 Å². The second-order valence-electron chi connectivity index (χ2n) is 5.35. The molecule has 21 heavy (non-hydrogen) atoms. The number of hydrogen-bond acceptors (Lipinski definition) is 2. The van der Waals surface area contributed by atoms with Gasteiger partial charge in [-0.15, -0.1) is 11.3 Å². The molecule has 1 nitrogen and oxygen atoms in total. The Hall–Kier alpha value is -1.35. The molecule has 0 aliphatic rings. The maximum absolute atomic E-state index is 5.94. The van der Waals surface area contributed by atoms with Crippen molar-refractivity contribution in [2.24, 2.45) is 0 Å². The van der Waals surface area contributed by atoms with Crippen LogP contribution in [0.4, 0.5) is 0 Å². The fourth-order valence-corrected chi connectivity index (χ4v) is 3.72. The second kappa shape index (κ2) is 6.18. The number of hydrogen-bond donors (Lipinski definition) is 1. The molecule has 0 bridgehead atoms. The Labute approximate surface area is 134 Å². The van der Waals surface area contributed by atoms with Crippen LogP contribution in [-0.4, -0.2) is 0 Å². The van der Waals surface area contributed by atoms with Crippen LogP contribution in [-0.2, 0) is 0 Å². The van der Waals surface area contributed by atoms with Crippen molar-refractivity contribution in [1.29, 1.82) is 0 Å². The first-order chi connectivity index (χ1) is 10.1. The Morgan fingerprint density at radius 3 is 2.38 bits per heavy atom. The summed E-state index contributed by atoms with van der Waals surface area (Å²) >= 11 is 7.81. The molecule has 2 aromatic carbocycles. The summed E-state index contributed by atoms with van der Waals surface area (Å²) in [5, 5.41) is 5.77. The number of rotatable bonds is 4. The van der Waals surface area contributed by atoms with Crippen LogP contribution < -0.4 is 5.32 Å². The van der Waals surface area contributed by atoms with Gasteiger partial charge >= 0.3 is 0 Å². The number of halogens is 1. The van der Waals surface area contributed by atoms with Gasteiger partial charge in [0.15, 0.2) is 0 Å². The molecule has 1 heterocycles. The highest BCUT2D eigenvalue weighted by atomic mass is 35.5. The molecular formula is C18H18ClNS. The highest BCUT2D eigenvalue weighted by Crippen LogP contribution is 2.31. The van der Waals surface area contributed by atoms with Crippen molar-refractivity contribution in [3.63, 3.8) is 0 Å². The Kier molecular flexibility index (Phi) is 4.29. The topological polar surface area (TPSA) is 12.0 Å². The fraction of sp³-hybridized carbons (Fsp3) is 0.222. The molecule has 0 saturated heterocycles. The smallest absolute Gasteiger partial charge is 0.0406 e. The van der Waals surface area contributed by atoms with E-state index in [1.807, 2.05) is 23.5 Å². The monoisotopic (exact) mass is 315 g/mol. The van der Waals surface area contributed by atoms with Crippen molar-refractivity contribution in [2.75, 3.05) is 0 Å². The highest BCUT2D eigenvalue weighted by Gasteiger charge is 2.13. The maximum atomic E-state index is 5.94. The first kappa shape index (κ1) is 14.6. The van der Waals surface area contributed by atoms with Crippen LogP contribution in [0, 0.1) is 0 Å². The zero-order valence-electron chi connectivity index (χ0n) is 12.1. The van der Waals surface area contributed by atoms with Crippen LogP contribution in [0.25, 0.3) is 10.1 Å². The molecule has 0 aliphatic carbocycles. The van der Waals surface area contributed by atoms with Gasteiger partial charge in [-0.25, -0.2) is 0 Å². The Bertz CT molecular complexity index is 699. The predicted octanol–water partition coefficient (Wildman–Crippen LogP) is 5.97. The Morgan fingerprint density at radius 1 is 0.952 bits per heavy atom. The minimum absolute atomic E-state index is 0.294. The van der Waals surface area contributed by atoms with Gasteiger partial charge in [0.1, 0.15) is 0 Å². The Morgan fingerprint density at radius 2 is 1.67 bits per heavy atom. The van der Waals surface area contributed by atoms with E-state index in [1.165, 1.54) is 20.5 Å².